The lowest BCUT2D eigenvalue weighted by atomic mass is 10.3. The van der Waals surface area contributed by atoms with Crippen molar-refractivity contribution in [2.24, 2.45) is 0 Å². The maximum atomic E-state index is 11.0. The van der Waals surface area contributed by atoms with Crippen LogP contribution in [0.4, 0.5) is 16.8 Å². The van der Waals surface area contributed by atoms with E-state index in [2.05, 4.69) is 20.6 Å². The van der Waals surface area contributed by atoms with Gasteiger partial charge in [-0.25, -0.2) is 15.0 Å². The molecule has 0 aromatic carbocycles. The van der Waals surface area contributed by atoms with E-state index < -0.39 is 12.5 Å². The standard InChI is InChI=1S/C19H22N6O2S/c1-13-6-7-20-17(10-13)25(2)16-5-3-4-14(24-16)15-11-23-19(28-15)22-9-8-21-18(27)12-26/h3-7,10-11,26H,8-9,12H2,1-2H3,(H,21,27)(H,22,23). The lowest BCUT2D eigenvalue weighted by Gasteiger charge is -2.18. The molecule has 0 aliphatic carbocycles. The molecule has 0 aliphatic rings. The zero-order valence-electron chi connectivity index (χ0n) is 15.7. The van der Waals surface area contributed by atoms with Gasteiger partial charge in [0.2, 0.25) is 5.91 Å². The van der Waals surface area contributed by atoms with E-state index >= 15 is 0 Å². The predicted molar refractivity (Wildman–Crippen MR) is 111 cm³/mol. The molecule has 3 aromatic heterocycles. The number of carbonyl (C=O) groups excluding carboxylic acids is 1. The second-order valence-corrected chi connectivity index (χ2v) is 7.13. The first kappa shape index (κ1) is 19.7. The lowest BCUT2D eigenvalue weighted by molar-refractivity contribution is -0.123. The van der Waals surface area contributed by atoms with Crippen molar-refractivity contribution >= 4 is 34.0 Å². The molecule has 0 spiro atoms. The number of hydrogen-bond donors (Lipinski definition) is 3. The maximum Gasteiger partial charge on any atom is 0.245 e. The topological polar surface area (TPSA) is 103 Å². The largest absolute Gasteiger partial charge is 0.387 e. The summed E-state index contributed by atoms with van der Waals surface area (Å²) in [5.41, 5.74) is 1.97. The Hall–Kier alpha value is -3.04. The Morgan fingerprint density at radius 3 is 2.86 bits per heavy atom. The van der Waals surface area contributed by atoms with Gasteiger partial charge in [0.1, 0.15) is 18.2 Å². The fourth-order valence-corrected chi connectivity index (χ4v) is 3.28. The van der Waals surface area contributed by atoms with Gasteiger partial charge in [0.15, 0.2) is 5.13 Å². The fourth-order valence-electron chi connectivity index (χ4n) is 2.47. The fraction of sp³-hybridized carbons (Fsp3) is 0.263. The molecule has 3 heterocycles. The van der Waals surface area contributed by atoms with E-state index in [1.54, 1.807) is 12.4 Å². The Kier molecular flexibility index (Phi) is 6.51. The molecule has 0 atom stereocenters. The summed E-state index contributed by atoms with van der Waals surface area (Å²) in [6, 6.07) is 9.82. The molecule has 0 saturated carbocycles. The first-order valence-electron chi connectivity index (χ1n) is 8.78. The van der Waals surface area contributed by atoms with Crippen LogP contribution in [0.3, 0.4) is 0 Å². The summed E-state index contributed by atoms with van der Waals surface area (Å²) >= 11 is 1.49. The maximum absolute atomic E-state index is 11.0. The lowest BCUT2D eigenvalue weighted by Crippen LogP contribution is -2.30. The molecule has 0 aliphatic heterocycles. The molecule has 3 rings (SSSR count). The smallest absolute Gasteiger partial charge is 0.245 e. The first-order chi connectivity index (χ1) is 13.6. The number of aryl methyl sites for hydroxylation is 1. The van der Waals surface area contributed by atoms with Gasteiger partial charge in [0.25, 0.3) is 0 Å². The molecule has 28 heavy (non-hydrogen) atoms. The number of hydrogen-bond acceptors (Lipinski definition) is 8. The van der Waals surface area contributed by atoms with Crippen LogP contribution >= 0.6 is 11.3 Å². The van der Waals surface area contributed by atoms with Gasteiger partial charge in [-0.1, -0.05) is 17.4 Å². The molecule has 9 heteroatoms. The highest BCUT2D eigenvalue weighted by atomic mass is 32.1. The molecule has 0 bridgehead atoms. The third-order valence-electron chi connectivity index (χ3n) is 3.95. The Morgan fingerprint density at radius 1 is 1.21 bits per heavy atom. The number of amides is 1. The molecule has 0 radical (unpaired) electrons. The van der Waals surface area contributed by atoms with Crippen molar-refractivity contribution in [2.75, 3.05) is 37.0 Å². The molecule has 3 N–H and O–H groups in total. The van der Waals surface area contributed by atoms with Crippen molar-refractivity contribution in [3.8, 4) is 10.6 Å². The summed E-state index contributed by atoms with van der Waals surface area (Å²) < 4.78 is 0. The van der Waals surface area contributed by atoms with Crippen LogP contribution in [0.1, 0.15) is 5.56 Å². The number of nitrogens with zero attached hydrogens (tertiary/aromatic N) is 4. The molecular formula is C19H22N6O2S. The average Bonchev–Trinajstić information content (AvgIpc) is 3.19. The number of aromatic nitrogens is 3. The second kappa shape index (κ2) is 9.25. The summed E-state index contributed by atoms with van der Waals surface area (Å²) in [4.78, 5) is 27.4. The number of pyridine rings is 2. The van der Waals surface area contributed by atoms with Gasteiger partial charge in [-0.05, 0) is 36.8 Å². The minimum absolute atomic E-state index is 0.394. The summed E-state index contributed by atoms with van der Waals surface area (Å²) in [5.74, 6) is 1.24. The number of rotatable bonds is 8. The van der Waals surface area contributed by atoms with Crippen LogP contribution in [0, 0.1) is 6.92 Å². The molecular weight excluding hydrogens is 376 g/mol. The second-order valence-electron chi connectivity index (χ2n) is 6.10. The van der Waals surface area contributed by atoms with Crippen LogP contribution in [-0.2, 0) is 4.79 Å². The quantitative estimate of drug-likeness (QED) is 0.500. The van der Waals surface area contributed by atoms with Crippen molar-refractivity contribution in [2.45, 2.75) is 6.92 Å². The van der Waals surface area contributed by atoms with Crippen LogP contribution < -0.4 is 15.5 Å². The zero-order valence-corrected chi connectivity index (χ0v) is 16.5. The third kappa shape index (κ3) is 5.02. The van der Waals surface area contributed by atoms with Crippen LogP contribution in [0.25, 0.3) is 10.6 Å². The van der Waals surface area contributed by atoms with Crippen molar-refractivity contribution < 1.29 is 9.90 Å². The highest BCUT2D eigenvalue weighted by Gasteiger charge is 2.11. The van der Waals surface area contributed by atoms with Gasteiger partial charge in [-0.15, -0.1) is 0 Å². The van der Waals surface area contributed by atoms with Gasteiger partial charge in [0, 0.05) is 32.5 Å². The number of anilines is 3. The number of carbonyl (C=O) groups is 1. The normalized spacial score (nSPS) is 10.5. The summed E-state index contributed by atoms with van der Waals surface area (Å²) in [7, 11) is 1.94. The Labute approximate surface area is 167 Å². The molecule has 1 amide bonds. The van der Waals surface area contributed by atoms with Crippen LogP contribution in [-0.4, -0.2) is 52.7 Å². The van der Waals surface area contributed by atoms with E-state index in [0.717, 1.165) is 32.9 Å². The van der Waals surface area contributed by atoms with Crippen molar-refractivity contribution in [1.29, 1.82) is 0 Å². The molecule has 3 aromatic rings. The molecule has 0 fully saturated rings. The number of nitrogens with one attached hydrogen (secondary N) is 2. The summed E-state index contributed by atoms with van der Waals surface area (Å²) in [6.45, 7) is 2.46. The van der Waals surface area contributed by atoms with E-state index in [0.29, 0.717) is 13.1 Å². The van der Waals surface area contributed by atoms with E-state index in [4.69, 9.17) is 10.1 Å². The van der Waals surface area contributed by atoms with Gasteiger partial charge in [0.05, 0.1) is 10.6 Å². The van der Waals surface area contributed by atoms with E-state index in [1.165, 1.54) is 11.3 Å². The number of aliphatic hydroxyl groups is 1. The Balaban J connectivity index is 1.67. The van der Waals surface area contributed by atoms with E-state index in [-0.39, 0.29) is 0 Å². The minimum Gasteiger partial charge on any atom is -0.387 e. The van der Waals surface area contributed by atoms with Gasteiger partial charge >= 0.3 is 0 Å². The van der Waals surface area contributed by atoms with Crippen LogP contribution in [0.15, 0.2) is 42.7 Å². The molecule has 8 nitrogen and oxygen atoms in total. The Morgan fingerprint density at radius 2 is 2.07 bits per heavy atom. The molecule has 146 valence electrons. The van der Waals surface area contributed by atoms with E-state index in [9.17, 15) is 4.79 Å². The average molecular weight is 398 g/mol. The van der Waals surface area contributed by atoms with E-state index in [1.807, 2.05) is 49.2 Å². The van der Waals surface area contributed by atoms with Gasteiger partial charge in [-0.2, -0.15) is 0 Å². The van der Waals surface area contributed by atoms with Crippen LogP contribution in [0.5, 0.6) is 0 Å². The van der Waals surface area contributed by atoms with Crippen molar-refractivity contribution in [1.82, 2.24) is 20.3 Å². The minimum atomic E-state index is -0.504. The summed E-state index contributed by atoms with van der Waals surface area (Å²) in [6.07, 6.45) is 3.56. The highest BCUT2D eigenvalue weighted by Crippen LogP contribution is 2.29. The zero-order chi connectivity index (χ0) is 19.9. The predicted octanol–water partition coefficient (Wildman–Crippen LogP) is 2.20. The van der Waals surface area contributed by atoms with Gasteiger partial charge in [-0.3, -0.25) is 4.79 Å². The highest BCUT2D eigenvalue weighted by molar-refractivity contribution is 7.18. The number of aliphatic hydroxyl groups excluding tert-OH is 1. The SMILES string of the molecule is Cc1ccnc(N(C)c2cccc(-c3cnc(NCCNC(=O)CO)s3)n2)c1. The Bertz CT molecular complexity index is 945. The molecule has 0 unspecified atom stereocenters. The van der Waals surface area contributed by atoms with Gasteiger partial charge < -0.3 is 20.6 Å². The third-order valence-corrected chi connectivity index (χ3v) is 4.93. The van der Waals surface area contributed by atoms with Crippen LogP contribution in [0.2, 0.25) is 0 Å². The molecule has 0 saturated heterocycles. The first-order valence-corrected chi connectivity index (χ1v) is 9.59. The monoisotopic (exact) mass is 398 g/mol. The van der Waals surface area contributed by atoms with Crippen molar-refractivity contribution in [3.63, 3.8) is 0 Å². The number of thiazole rings is 1. The summed E-state index contributed by atoms with van der Waals surface area (Å²) in [5, 5.41) is 15.1. The van der Waals surface area contributed by atoms with Crippen molar-refractivity contribution in [3.05, 3.63) is 48.3 Å².